The molecular formula is C30H28Cl2FNO2S. The van der Waals surface area contributed by atoms with Crippen molar-refractivity contribution in [2.45, 2.75) is 24.2 Å². The highest BCUT2D eigenvalue weighted by atomic mass is 35.5. The Morgan fingerprint density at radius 3 is 2.49 bits per heavy atom. The lowest BCUT2D eigenvalue weighted by molar-refractivity contribution is 0.0696. The molecule has 0 saturated carbocycles. The van der Waals surface area contributed by atoms with Crippen molar-refractivity contribution in [2.24, 2.45) is 5.92 Å². The monoisotopic (exact) mass is 555 g/mol. The van der Waals surface area contributed by atoms with Crippen molar-refractivity contribution in [2.75, 3.05) is 32.1 Å². The topological polar surface area (TPSA) is 40.5 Å². The summed E-state index contributed by atoms with van der Waals surface area (Å²) in [4.78, 5) is 14.9. The first-order valence-electron chi connectivity index (χ1n) is 12.5. The summed E-state index contributed by atoms with van der Waals surface area (Å²) in [6.45, 7) is 2.66. The maximum Gasteiger partial charge on any atom is 0.335 e. The average molecular weight is 557 g/mol. The molecule has 1 fully saturated rings. The summed E-state index contributed by atoms with van der Waals surface area (Å²) in [5.74, 6) is 0.493. The Bertz CT molecular complexity index is 1340. The van der Waals surface area contributed by atoms with Crippen LogP contribution in [0.2, 0.25) is 10.0 Å². The highest BCUT2D eigenvalue weighted by molar-refractivity contribution is 7.99. The lowest BCUT2D eigenvalue weighted by Gasteiger charge is -2.39. The van der Waals surface area contributed by atoms with E-state index in [9.17, 15) is 14.3 Å². The molecule has 0 radical (unpaired) electrons. The number of alkyl halides is 1. The zero-order chi connectivity index (χ0) is 25.9. The maximum absolute atomic E-state index is 12.4. The van der Waals surface area contributed by atoms with Gasteiger partial charge in [0.25, 0.3) is 0 Å². The SMILES string of the molecule is O=C(O)c1ccc2c(c1)SCCC(c1ccc(Cl)cc1Cl)=C2c1ccc(CC2CN(CCCF)C2)cc1. The number of allylic oxidation sites excluding steroid dienone is 1. The lowest BCUT2D eigenvalue weighted by atomic mass is 9.86. The number of carbonyl (C=O) groups is 1. The number of fused-ring (bicyclic) bond motifs is 1. The number of likely N-dealkylation sites (tertiary alicyclic amines) is 1. The molecule has 3 aromatic rings. The first-order chi connectivity index (χ1) is 17.9. The molecule has 3 aromatic carbocycles. The van der Waals surface area contributed by atoms with Gasteiger partial charge in [-0.1, -0.05) is 59.6 Å². The van der Waals surface area contributed by atoms with Crippen LogP contribution < -0.4 is 0 Å². The number of hydrogen-bond acceptors (Lipinski definition) is 3. The molecule has 0 bridgehead atoms. The second kappa shape index (κ2) is 11.6. The summed E-state index contributed by atoms with van der Waals surface area (Å²) in [5, 5.41) is 10.7. The Morgan fingerprint density at radius 1 is 1.03 bits per heavy atom. The van der Waals surface area contributed by atoms with E-state index in [1.165, 1.54) is 5.56 Å². The molecule has 1 N–H and O–H groups in total. The molecule has 37 heavy (non-hydrogen) atoms. The molecule has 0 atom stereocenters. The molecule has 3 nitrogen and oxygen atoms in total. The fourth-order valence-corrected chi connectivity index (χ4v) is 6.86. The van der Waals surface area contributed by atoms with Crippen LogP contribution in [0.25, 0.3) is 11.1 Å². The summed E-state index contributed by atoms with van der Waals surface area (Å²) >= 11 is 14.6. The van der Waals surface area contributed by atoms with Gasteiger partial charge < -0.3 is 10.0 Å². The summed E-state index contributed by atoms with van der Waals surface area (Å²) < 4.78 is 12.4. The van der Waals surface area contributed by atoms with E-state index in [-0.39, 0.29) is 12.2 Å². The van der Waals surface area contributed by atoms with Gasteiger partial charge in [0.1, 0.15) is 0 Å². The first-order valence-corrected chi connectivity index (χ1v) is 14.2. The van der Waals surface area contributed by atoms with Crippen LogP contribution in [-0.4, -0.2) is 48.0 Å². The van der Waals surface area contributed by atoms with Crippen molar-refractivity contribution >= 4 is 52.1 Å². The third kappa shape index (κ3) is 5.91. The second-order valence-corrected chi connectivity index (χ2v) is 11.6. The van der Waals surface area contributed by atoms with Crippen LogP contribution >= 0.6 is 35.0 Å². The zero-order valence-electron chi connectivity index (χ0n) is 20.4. The molecule has 1 saturated heterocycles. The third-order valence-corrected chi connectivity index (χ3v) is 8.68. The number of halogens is 3. The number of carboxylic acid groups (broad SMARTS) is 1. The van der Waals surface area contributed by atoms with Crippen molar-refractivity contribution in [1.29, 1.82) is 0 Å². The molecule has 5 rings (SSSR count). The molecular weight excluding hydrogens is 528 g/mol. The van der Waals surface area contributed by atoms with E-state index in [4.69, 9.17) is 23.2 Å². The molecule has 0 amide bonds. The molecule has 0 aliphatic carbocycles. The first kappa shape index (κ1) is 26.3. The van der Waals surface area contributed by atoms with Crippen LogP contribution in [0, 0.1) is 5.92 Å². The predicted molar refractivity (Wildman–Crippen MR) is 152 cm³/mol. The molecule has 0 spiro atoms. The normalized spacial score (nSPS) is 16.3. The Labute approximate surface area is 231 Å². The standard InChI is InChI=1S/C30H28Cl2FNO2S/c31-23-7-9-24(27(32)16-23)25-10-13-37-28-15-22(30(35)36)6-8-26(28)29(25)21-4-2-19(3-5-21)14-20-17-34(18-20)12-1-11-33/h2-9,15-16,20H,1,10-14,17-18H2,(H,35,36). The van der Waals surface area contributed by atoms with Crippen molar-refractivity contribution in [1.82, 2.24) is 4.90 Å². The van der Waals surface area contributed by atoms with E-state index in [2.05, 4.69) is 29.2 Å². The minimum Gasteiger partial charge on any atom is -0.478 e. The van der Waals surface area contributed by atoms with Gasteiger partial charge in [0.15, 0.2) is 0 Å². The van der Waals surface area contributed by atoms with Crippen molar-refractivity contribution in [3.05, 3.63) is 98.5 Å². The largest absolute Gasteiger partial charge is 0.478 e. The highest BCUT2D eigenvalue weighted by Gasteiger charge is 2.27. The summed E-state index contributed by atoms with van der Waals surface area (Å²) in [5.41, 5.74) is 6.83. The van der Waals surface area contributed by atoms with Gasteiger partial charge in [-0.25, -0.2) is 4.79 Å². The van der Waals surface area contributed by atoms with E-state index in [1.54, 1.807) is 30.0 Å². The van der Waals surface area contributed by atoms with Crippen LogP contribution in [0.1, 0.15) is 45.5 Å². The van der Waals surface area contributed by atoms with Crippen LogP contribution in [-0.2, 0) is 6.42 Å². The number of thioether (sulfide) groups is 1. The summed E-state index contributed by atoms with van der Waals surface area (Å²) in [6, 6.07) is 19.7. The van der Waals surface area contributed by atoms with Gasteiger partial charge in [0.05, 0.1) is 12.2 Å². The number of benzene rings is 3. The zero-order valence-corrected chi connectivity index (χ0v) is 22.7. The van der Waals surface area contributed by atoms with Crippen molar-refractivity contribution in [3.8, 4) is 0 Å². The molecule has 7 heteroatoms. The highest BCUT2D eigenvalue weighted by Crippen LogP contribution is 2.45. The molecule has 2 aliphatic heterocycles. The number of nitrogens with zero attached hydrogens (tertiary/aromatic N) is 1. The molecule has 0 unspecified atom stereocenters. The number of carboxylic acids is 1. The molecule has 0 aromatic heterocycles. The van der Waals surface area contributed by atoms with E-state index in [1.807, 2.05) is 18.2 Å². The van der Waals surface area contributed by atoms with Crippen molar-refractivity contribution in [3.63, 3.8) is 0 Å². The van der Waals surface area contributed by atoms with Gasteiger partial charge in [0, 0.05) is 40.3 Å². The molecule has 192 valence electrons. The van der Waals surface area contributed by atoms with E-state index >= 15 is 0 Å². The quantitative estimate of drug-likeness (QED) is 0.306. The smallest absolute Gasteiger partial charge is 0.335 e. The number of aromatic carboxylic acids is 1. The van der Waals surface area contributed by atoms with Crippen LogP contribution in [0.15, 0.2) is 65.6 Å². The van der Waals surface area contributed by atoms with Gasteiger partial charge in [0.2, 0.25) is 0 Å². The minimum atomic E-state index is -0.928. The third-order valence-electron chi connectivity index (χ3n) is 7.07. The Morgan fingerprint density at radius 2 is 1.78 bits per heavy atom. The number of rotatable bonds is 8. The fraction of sp³-hybridized carbons (Fsp3) is 0.300. The van der Waals surface area contributed by atoms with Gasteiger partial charge in [-0.3, -0.25) is 4.39 Å². The van der Waals surface area contributed by atoms with Gasteiger partial charge in [-0.15, -0.1) is 11.8 Å². The van der Waals surface area contributed by atoms with Crippen molar-refractivity contribution < 1.29 is 14.3 Å². The average Bonchev–Trinajstić information content (AvgIpc) is 3.04. The van der Waals surface area contributed by atoms with Gasteiger partial charge in [-0.2, -0.15) is 0 Å². The predicted octanol–water partition coefficient (Wildman–Crippen LogP) is 7.98. The Kier molecular flexibility index (Phi) is 8.25. The van der Waals surface area contributed by atoms with Crippen LogP contribution in [0.3, 0.4) is 0 Å². The maximum atomic E-state index is 12.4. The lowest BCUT2D eigenvalue weighted by Crippen LogP contribution is -2.47. The van der Waals surface area contributed by atoms with Gasteiger partial charge in [-0.05, 0) is 82.8 Å². The second-order valence-electron chi connectivity index (χ2n) is 9.66. The summed E-state index contributed by atoms with van der Waals surface area (Å²) in [7, 11) is 0. The Balaban J connectivity index is 1.51. The van der Waals surface area contributed by atoms with E-state index in [0.29, 0.717) is 22.4 Å². The number of hydrogen-bond donors (Lipinski definition) is 1. The fourth-order valence-electron chi connectivity index (χ4n) is 5.28. The molecule has 2 aliphatic rings. The van der Waals surface area contributed by atoms with E-state index in [0.717, 1.165) is 71.0 Å². The van der Waals surface area contributed by atoms with Crippen LogP contribution in [0.5, 0.6) is 0 Å². The Hall–Kier alpha value is -2.31. The van der Waals surface area contributed by atoms with E-state index < -0.39 is 5.97 Å². The summed E-state index contributed by atoms with van der Waals surface area (Å²) in [6.07, 6.45) is 2.41. The molecule has 2 heterocycles. The van der Waals surface area contributed by atoms with Gasteiger partial charge >= 0.3 is 5.97 Å². The van der Waals surface area contributed by atoms with Crippen LogP contribution in [0.4, 0.5) is 4.39 Å². The minimum absolute atomic E-state index is 0.249.